The number of urea groups is 1. The van der Waals surface area contributed by atoms with E-state index in [1.54, 1.807) is 6.92 Å². The monoisotopic (exact) mass is 132 g/mol. The van der Waals surface area contributed by atoms with Gasteiger partial charge in [0.05, 0.1) is 12.6 Å². The van der Waals surface area contributed by atoms with Crippen LogP contribution in [0.4, 0.5) is 4.79 Å². The lowest BCUT2D eigenvalue weighted by Gasteiger charge is -2.08. The topological polar surface area (TPSA) is 61.4 Å². The number of carbonyl (C=O) groups is 1. The van der Waals surface area contributed by atoms with Crippen LogP contribution in [0, 0.1) is 0 Å². The van der Waals surface area contributed by atoms with Crippen LogP contribution in [0.25, 0.3) is 0 Å². The number of hydrogen-bond acceptors (Lipinski definition) is 2. The van der Waals surface area contributed by atoms with E-state index in [4.69, 9.17) is 5.11 Å². The van der Waals surface area contributed by atoms with E-state index in [0.29, 0.717) is 0 Å². The molecule has 0 heterocycles. The molecule has 3 N–H and O–H groups in total. The lowest BCUT2D eigenvalue weighted by atomic mass is 10.4. The maximum absolute atomic E-state index is 10.4. The van der Waals surface area contributed by atoms with E-state index < -0.39 is 0 Å². The van der Waals surface area contributed by atoms with Gasteiger partial charge in [0, 0.05) is 7.05 Å². The first-order valence-corrected chi connectivity index (χ1v) is 2.79. The molecule has 0 unspecified atom stereocenters. The van der Waals surface area contributed by atoms with Gasteiger partial charge in [-0.05, 0) is 6.92 Å². The molecule has 0 saturated carbocycles. The van der Waals surface area contributed by atoms with Crippen molar-refractivity contribution in [1.82, 2.24) is 10.6 Å². The Morgan fingerprint density at radius 1 is 1.78 bits per heavy atom. The predicted molar refractivity (Wildman–Crippen MR) is 34.1 cm³/mol. The second-order valence-corrected chi connectivity index (χ2v) is 1.81. The van der Waals surface area contributed by atoms with E-state index in [1.807, 2.05) is 0 Å². The van der Waals surface area contributed by atoms with E-state index >= 15 is 0 Å². The maximum Gasteiger partial charge on any atom is 0.314 e. The minimum atomic E-state index is -0.267. The fourth-order valence-electron chi connectivity index (χ4n) is 0.342. The molecule has 4 heteroatoms. The Bertz CT molecular complexity index is 95.0. The van der Waals surface area contributed by atoms with Crippen LogP contribution in [0.5, 0.6) is 0 Å². The fraction of sp³-hybridized carbons (Fsp3) is 0.800. The second-order valence-electron chi connectivity index (χ2n) is 1.81. The van der Waals surface area contributed by atoms with Crippen LogP contribution in [0.15, 0.2) is 0 Å². The van der Waals surface area contributed by atoms with E-state index in [-0.39, 0.29) is 18.7 Å². The van der Waals surface area contributed by atoms with Gasteiger partial charge in [0.15, 0.2) is 0 Å². The molecular weight excluding hydrogens is 120 g/mol. The van der Waals surface area contributed by atoms with Gasteiger partial charge < -0.3 is 15.7 Å². The quantitative estimate of drug-likeness (QED) is 0.465. The Morgan fingerprint density at radius 2 is 2.33 bits per heavy atom. The Balaban J connectivity index is 3.34. The summed E-state index contributed by atoms with van der Waals surface area (Å²) < 4.78 is 0. The van der Waals surface area contributed by atoms with Crippen molar-refractivity contribution in [2.24, 2.45) is 0 Å². The molecule has 54 valence electrons. The summed E-state index contributed by atoms with van der Waals surface area (Å²) in [4.78, 5) is 10.4. The average Bonchev–Trinajstić information content (AvgIpc) is 1.87. The van der Waals surface area contributed by atoms with Gasteiger partial charge in [-0.25, -0.2) is 4.79 Å². The molecule has 2 amide bonds. The molecular formula is C5H12N2O2. The summed E-state index contributed by atoms with van der Waals surface area (Å²) in [6, 6.07) is -0.443. The molecule has 0 aromatic rings. The summed E-state index contributed by atoms with van der Waals surface area (Å²) in [5.41, 5.74) is 0. The smallest absolute Gasteiger partial charge is 0.314 e. The Hall–Kier alpha value is -0.770. The first-order chi connectivity index (χ1) is 4.20. The lowest BCUT2D eigenvalue weighted by molar-refractivity contribution is 0.222. The number of aliphatic hydroxyl groups excluding tert-OH is 1. The molecule has 0 aliphatic heterocycles. The second kappa shape index (κ2) is 4.14. The molecule has 0 aromatic heterocycles. The fourth-order valence-corrected chi connectivity index (χ4v) is 0.342. The zero-order chi connectivity index (χ0) is 7.28. The molecule has 0 aliphatic carbocycles. The van der Waals surface area contributed by atoms with Crippen molar-refractivity contribution in [2.75, 3.05) is 13.7 Å². The van der Waals surface area contributed by atoms with Gasteiger partial charge in [0.2, 0.25) is 0 Å². The number of carbonyl (C=O) groups excluding carboxylic acids is 1. The molecule has 9 heavy (non-hydrogen) atoms. The third kappa shape index (κ3) is 3.78. The molecule has 0 aromatic carbocycles. The van der Waals surface area contributed by atoms with Crippen molar-refractivity contribution in [2.45, 2.75) is 13.0 Å². The SMILES string of the molecule is CNC(=O)N[C@@H](C)CO. The zero-order valence-corrected chi connectivity index (χ0v) is 5.64. The first-order valence-electron chi connectivity index (χ1n) is 2.79. The standard InChI is InChI=1S/C5H12N2O2/c1-4(3-8)7-5(9)6-2/h4,8H,3H2,1-2H3,(H2,6,7,9)/t4-/m0/s1. The molecule has 0 aliphatic rings. The molecule has 0 saturated heterocycles. The number of aliphatic hydroxyl groups is 1. The van der Waals surface area contributed by atoms with Gasteiger partial charge in [-0.2, -0.15) is 0 Å². The highest BCUT2D eigenvalue weighted by molar-refractivity contribution is 5.73. The van der Waals surface area contributed by atoms with Crippen LogP contribution >= 0.6 is 0 Å². The summed E-state index contributed by atoms with van der Waals surface area (Å²) in [6.07, 6.45) is 0. The normalized spacial score (nSPS) is 12.3. The highest BCUT2D eigenvalue weighted by Gasteiger charge is 2.00. The zero-order valence-electron chi connectivity index (χ0n) is 5.64. The molecule has 0 radical (unpaired) electrons. The van der Waals surface area contributed by atoms with Crippen molar-refractivity contribution in [3.8, 4) is 0 Å². The predicted octanol–water partition coefficient (Wildman–Crippen LogP) is -0.704. The van der Waals surface area contributed by atoms with Crippen LogP contribution in [-0.4, -0.2) is 30.8 Å². The van der Waals surface area contributed by atoms with E-state index in [2.05, 4.69) is 10.6 Å². The molecule has 0 fully saturated rings. The minimum absolute atomic E-state index is 0.0343. The van der Waals surface area contributed by atoms with E-state index in [1.165, 1.54) is 7.05 Å². The van der Waals surface area contributed by atoms with Gasteiger partial charge in [-0.15, -0.1) is 0 Å². The lowest BCUT2D eigenvalue weighted by Crippen LogP contribution is -2.40. The van der Waals surface area contributed by atoms with Crippen molar-refractivity contribution < 1.29 is 9.90 Å². The van der Waals surface area contributed by atoms with Crippen LogP contribution in [-0.2, 0) is 0 Å². The molecule has 4 nitrogen and oxygen atoms in total. The van der Waals surface area contributed by atoms with Crippen LogP contribution in [0.1, 0.15) is 6.92 Å². The van der Waals surface area contributed by atoms with Gasteiger partial charge in [0.25, 0.3) is 0 Å². The molecule has 0 rings (SSSR count). The van der Waals surface area contributed by atoms with Crippen LogP contribution < -0.4 is 10.6 Å². The number of amides is 2. The summed E-state index contributed by atoms with van der Waals surface area (Å²) >= 11 is 0. The van der Waals surface area contributed by atoms with Gasteiger partial charge in [-0.3, -0.25) is 0 Å². The summed E-state index contributed by atoms with van der Waals surface area (Å²) in [6.45, 7) is 1.68. The Labute approximate surface area is 54.3 Å². The molecule has 0 spiro atoms. The van der Waals surface area contributed by atoms with Crippen LogP contribution in [0.3, 0.4) is 0 Å². The minimum Gasteiger partial charge on any atom is -0.394 e. The molecule has 1 atom stereocenters. The number of hydrogen-bond donors (Lipinski definition) is 3. The summed E-state index contributed by atoms with van der Waals surface area (Å²) in [5.74, 6) is 0. The Kier molecular flexibility index (Phi) is 3.79. The largest absolute Gasteiger partial charge is 0.394 e. The van der Waals surface area contributed by atoms with Crippen molar-refractivity contribution >= 4 is 6.03 Å². The summed E-state index contributed by atoms with van der Waals surface area (Å²) in [7, 11) is 1.53. The van der Waals surface area contributed by atoms with E-state index in [0.717, 1.165) is 0 Å². The van der Waals surface area contributed by atoms with Crippen LogP contribution in [0.2, 0.25) is 0 Å². The number of nitrogens with one attached hydrogen (secondary N) is 2. The Morgan fingerprint density at radius 3 is 2.67 bits per heavy atom. The third-order valence-corrected chi connectivity index (χ3v) is 0.878. The number of rotatable bonds is 2. The average molecular weight is 132 g/mol. The molecule has 0 bridgehead atoms. The highest BCUT2D eigenvalue weighted by Crippen LogP contribution is 1.75. The van der Waals surface area contributed by atoms with Gasteiger partial charge in [-0.1, -0.05) is 0 Å². The van der Waals surface area contributed by atoms with Gasteiger partial charge >= 0.3 is 6.03 Å². The van der Waals surface area contributed by atoms with Gasteiger partial charge in [0.1, 0.15) is 0 Å². The van der Waals surface area contributed by atoms with Crippen molar-refractivity contribution in [3.63, 3.8) is 0 Å². The van der Waals surface area contributed by atoms with Crippen molar-refractivity contribution in [1.29, 1.82) is 0 Å². The maximum atomic E-state index is 10.4. The van der Waals surface area contributed by atoms with Crippen molar-refractivity contribution in [3.05, 3.63) is 0 Å². The highest BCUT2D eigenvalue weighted by atomic mass is 16.3. The summed E-state index contributed by atoms with van der Waals surface area (Å²) in [5, 5.41) is 13.3. The van der Waals surface area contributed by atoms with E-state index in [9.17, 15) is 4.79 Å². The third-order valence-electron chi connectivity index (χ3n) is 0.878. The first kappa shape index (κ1) is 8.23.